The summed E-state index contributed by atoms with van der Waals surface area (Å²) in [6.07, 6.45) is 3.80. The fourth-order valence-corrected chi connectivity index (χ4v) is 3.15. The van der Waals surface area contributed by atoms with Crippen LogP contribution in [0, 0.1) is 5.41 Å². The van der Waals surface area contributed by atoms with Crippen LogP contribution in [0.2, 0.25) is 10.0 Å². The van der Waals surface area contributed by atoms with Gasteiger partial charge in [-0.05, 0) is 44.0 Å². The van der Waals surface area contributed by atoms with E-state index in [1.165, 1.54) is 0 Å². The van der Waals surface area contributed by atoms with Crippen molar-refractivity contribution in [2.75, 3.05) is 18.4 Å². The van der Waals surface area contributed by atoms with Crippen LogP contribution in [0.4, 0.5) is 5.69 Å². The molecule has 5 heteroatoms. The number of anilines is 1. The van der Waals surface area contributed by atoms with Crippen LogP contribution in [0.3, 0.4) is 0 Å². The largest absolute Gasteiger partial charge is 0.324 e. The van der Waals surface area contributed by atoms with E-state index in [1.807, 2.05) is 0 Å². The minimum atomic E-state index is -0.335. The summed E-state index contributed by atoms with van der Waals surface area (Å²) in [6.45, 7) is 3.82. The van der Waals surface area contributed by atoms with Crippen molar-refractivity contribution in [1.82, 2.24) is 5.32 Å². The topological polar surface area (TPSA) is 41.1 Å². The molecule has 1 fully saturated rings. The highest BCUT2D eigenvalue weighted by Crippen LogP contribution is 2.34. The zero-order valence-corrected chi connectivity index (χ0v) is 13.2. The summed E-state index contributed by atoms with van der Waals surface area (Å²) in [5, 5.41) is 7.36. The molecule has 1 aliphatic rings. The SMILES string of the molecule is CCCC1(C(=O)Nc2cc(Cl)ccc2Cl)CCCNC1. The third-order valence-corrected chi connectivity index (χ3v) is 4.42. The average Bonchev–Trinajstić information content (AvgIpc) is 2.44. The maximum Gasteiger partial charge on any atom is 0.231 e. The fourth-order valence-electron chi connectivity index (χ4n) is 2.82. The molecule has 0 bridgehead atoms. The molecule has 1 heterocycles. The lowest BCUT2D eigenvalue weighted by Gasteiger charge is -2.36. The van der Waals surface area contributed by atoms with Crippen LogP contribution in [0.15, 0.2) is 18.2 Å². The molecule has 20 heavy (non-hydrogen) atoms. The molecule has 2 rings (SSSR count). The van der Waals surface area contributed by atoms with Gasteiger partial charge in [-0.3, -0.25) is 4.79 Å². The van der Waals surface area contributed by atoms with Gasteiger partial charge in [0.05, 0.1) is 16.1 Å². The molecule has 0 radical (unpaired) electrons. The van der Waals surface area contributed by atoms with E-state index in [1.54, 1.807) is 18.2 Å². The van der Waals surface area contributed by atoms with Crippen molar-refractivity contribution >= 4 is 34.8 Å². The minimum absolute atomic E-state index is 0.0377. The Morgan fingerprint density at radius 1 is 1.45 bits per heavy atom. The Morgan fingerprint density at radius 2 is 2.25 bits per heavy atom. The van der Waals surface area contributed by atoms with Crippen LogP contribution in [-0.2, 0) is 4.79 Å². The van der Waals surface area contributed by atoms with Gasteiger partial charge in [0.25, 0.3) is 0 Å². The number of hydrogen-bond donors (Lipinski definition) is 2. The van der Waals surface area contributed by atoms with Gasteiger partial charge in [-0.2, -0.15) is 0 Å². The second kappa shape index (κ2) is 6.79. The number of halogens is 2. The Labute approximate surface area is 130 Å². The molecule has 0 aromatic heterocycles. The molecule has 0 saturated carbocycles. The van der Waals surface area contributed by atoms with E-state index in [-0.39, 0.29) is 11.3 Å². The van der Waals surface area contributed by atoms with Gasteiger partial charge in [-0.1, -0.05) is 36.5 Å². The molecule has 1 amide bonds. The van der Waals surface area contributed by atoms with Crippen LogP contribution in [0.5, 0.6) is 0 Å². The fraction of sp³-hybridized carbons (Fsp3) is 0.533. The Balaban J connectivity index is 2.18. The zero-order valence-electron chi connectivity index (χ0n) is 11.6. The van der Waals surface area contributed by atoms with Crippen LogP contribution in [-0.4, -0.2) is 19.0 Å². The number of nitrogens with one attached hydrogen (secondary N) is 2. The summed E-state index contributed by atoms with van der Waals surface area (Å²) in [6, 6.07) is 5.10. The first-order valence-electron chi connectivity index (χ1n) is 7.04. The molecular weight excluding hydrogens is 295 g/mol. The number of hydrogen-bond acceptors (Lipinski definition) is 2. The van der Waals surface area contributed by atoms with Crippen molar-refractivity contribution in [2.24, 2.45) is 5.41 Å². The van der Waals surface area contributed by atoms with Gasteiger partial charge >= 0.3 is 0 Å². The lowest BCUT2D eigenvalue weighted by molar-refractivity contribution is -0.127. The Hall–Kier alpha value is -0.770. The second-order valence-corrected chi connectivity index (χ2v) is 6.23. The zero-order chi connectivity index (χ0) is 14.6. The van der Waals surface area contributed by atoms with Crippen molar-refractivity contribution < 1.29 is 4.79 Å². The minimum Gasteiger partial charge on any atom is -0.324 e. The number of piperidine rings is 1. The summed E-state index contributed by atoms with van der Waals surface area (Å²) in [5.74, 6) is 0.0377. The Kier molecular flexibility index (Phi) is 5.30. The van der Waals surface area contributed by atoms with Gasteiger partial charge in [0.15, 0.2) is 0 Å². The second-order valence-electron chi connectivity index (χ2n) is 5.39. The highest BCUT2D eigenvalue weighted by atomic mass is 35.5. The Morgan fingerprint density at radius 3 is 2.90 bits per heavy atom. The van der Waals surface area contributed by atoms with Gasteiger partial charge in [-0.15, -0.1) is 0 Å². The summed E-state index contributed by atoms with van der Waals surface area (Å²) >= 11 is 12.1. The van der Waals surface area contributed by atoms with E-state index >= 15 is 0 Å². The molecular formula is C15H20Cl2N2O. The quantitative estimate of drug-likeness (QED) is 0.878. The lowest BCUT2D eigenvalue weighted by atomic mass is 9.76. The number of benzene rings is 1. The van der Waals surface area contributed by atoms with Gasteiger partial charge in [0.1, 0.15) is 0 Å². The molecule has 1 saturated heterocycles. The predicted molar refractivity (Wildman–Crippen MR) is 84.5 cm³/mol. The van der Waals surface area contributed by atoms with E-state index in [0.717, 1.165) is 38.8 Å². The third kappa shape index (κ3) is 3.46. The Bertz CT molecular complexity index is 479. The monoisotopic (exact) mass is 314 g/mol. The predicted octanol–water partition coefficient (Wildman–Crippen LogP) is 4.10. The van der Waals surface area contributed by atoms with Crippen molar-refractivity contribution in [3.8, 4) is 0 Å². The molecule has 1 aliphatic heterocycles. The number of rotatable bonds is 4. The smallest absolute Gasteiger partial charge is 0.231 e. The van der Waals surface area contributed by atoms with E-state index in [4.69, 9.17) is 23.2 Å². The highest BCUT2D eigenvalue weighted by Gasteiger charge is 2.38. The summed E-state index contributed by atoms with van der Waals surface area (Å²) < 4.78 is 0. The molecule has 110 valence electrons. The summed E-state index contributed by atoms with van der Waals surface area (Å²) in [5.41, 5.74) is 0.253. The summed E-state index contributed by atoms with van der Waals surface area (Å²) in [4.78, 5) is 12.7. The molecule has 3 nitrogen and oxygen atoms in total. The van der Waals surface area contributed by atoms with Crippen molar-refractivity contribution in [3.63, 3.8) is 0 Å². The first-order chi connectivity index (χ1) is 9.57. The molecule has 0 spiro atoms. The first-order valence-corrected chi connectivity index (χ1v) is 7.80. The van der Waals surface area contributed by atoms with Crippen LogP contribution in [0.25, 0.3) is 0 Å². The highest BCUT2D eigenvalue weighted by molar-refractivity contribution is 6.35. The van der Waals surface area contributed by atoms with Gasteiger partial charge < -0.3 is 10.6 Å². The number of carbonyl (C=O) groups excluding carboxylic acids is 1. The molecule has 1 atom stereocenters. The van der Waals surface area contributed by atoms with Crippen LogP contribution >= 0.6 is 23.2 Å². The van der Waals surface area contributed by atoms with E-state index < -0.39 is 0 Å². The van der Waals surface area contributed by atoms with Crippen molar-refractivity contribution in [1.29, 1.82) is 0 Å². The van der Waals surface area contributed by atoms with E-state index in [9.17, 15) is 4.79 Å². The normalized spacial score (nSPS) is 22.6. The maximum absolute atomic E-state index is 12.7. The van der Waals surface area contributed by atoms with Crippen LogP contribution in [0.1, 0.15) is 32.6 Å². The molecule has 1 aromatic rings. The van der Waals surface area contributed by atoms with Gasteiger partial charge in [-0.25, -0.2) is 0 Å². The van der Waals surface area contributed by atoms with Crippen molar-refractivity contribution in [2.45, 2.75) is 32.6 Å². The van der Waals surface area contributed by atoms with Gasteiger partial charge in [0.2, 0.25) is 5.91 Å². The van der Waals surface area contributed by atoms with Crippen molar-refractivity contribution in [3.05, 3.63) is 28.2 Å². The molecule has 1 unspecified atom stereocenters. The molecule has 0 aliphatic carbocycles. The number of amides is 1. The third-order valence-electron chi connectivity index (χ3n) is 3.86. The maximum atomic E-state index is 12.7. The van der Waals surface area contributed by atoms with E-state index in [2.05, 4.69) is 17.6 Å². The molecule has 1 aromatic carbocycles. The standard InChI is InChI=1S/C15H20Cl2N2O/c1-2-6-15(7-3-8-18-10-15)14(20)19-13-9-11(16)4-5-12(13)17/h4-5,9,18H,2-3,6-8,10H2,1H3,(H,19,20). The summed E-state index contributed by atoms with van der Waals surface area (Å²) in [7, 11) is 0. The lowest BCUT2D eigenvalue weighted by Crippen LogP contribution is -2.48. The molecule has 2 N–H and O–H groups in total. The average molecular weight is 315 g/mol. The van der Waals surface area contributed by atoms with Gasteiger partial charge in [0, 0.05) is 11.6 Å². The van der Waals surface area contributed by atoms with Crippen LogP contribution < -0.4 is 10.6 Å². The number of carbonyl (C=O) groups is 1. The van der Waals surface area contributed by atoms with E-state index in [0.29, 0.717) is 15.7 Å². The first kappa shape index (κ1) is 15.6.